The van der Waals surface area contributed by atoms with Gasteiger partial charge in [0.1, 0.15) is 5.60 Å². The van der Waals surface area contributed by atoms with Crippen molar-refractivity contribution in [3.63, 3.8) is 0 Å². The minimum atomic E-state index is -0.501. The lowest BCUT2D eigenvalue weighted by Gasteiger charge is -2.27. The highest BCUT2D eigenvalue weighted by molar-refractivity contribution is 5.80. The molecule has 1 aliphatic rings. The second-order valence-corrected chi connectivity index (χ2v) is 9.28. The van der Waals surface area contributed by atoms with E-state index in [1.165, 1.54) is 6.42 Å². The first kappa shape index (κ1) is 25.5. The molecule has 170 valence electrons. The van der Waals surface area contributed by atoms with E-state index in [0.29, 0.717) is 12.5 Å². The number of nitrogens with zero attached hydrogens (tertiary/aromatic N) is 3. The molecule has 29 heavy (non-hydrogen) atoms. The van der Waals surface area contributed by atoms with Gasteiger partial charge in [0.25, 0.3) is 0 Å². The molecule has 1 saturated heterocycles. The Hall–Kier alpha value is -1.50. The summed E-state index contributed by atoms with van der Waals surface area (Å²) < 4.78 is 5.42. The van der Waals surface area contributed by atoms with Crippen molar-refractivity contribution in [2.75, 3.05) is 45.8 Å². The van der Waals surface area contributed by atoms with Crippen molar-refractivity contribution in [3.8, 4) is 0 Å². The number of hydrogen-bond acceptors (Lipinski definition) is 4. The van der Waals surface area contributed by atoms with Crippen molar-refractivity contribution in [2.45, 2.75) is 73.5 Å². The van der Waals surface area contributed by atoms with Gasteiger partial charge in [-0.1, -0.05) is 27.7 Å². The third kappa shape index (κ3) is 9.70. The number of alkyl carbamates (subject to hydrolysis) is 1. The topological polar surface area (TPSA) is 69.2 Å². The van der Waals surface area contributed by atoms with Gasteiger partial charge in [-0.2, -0.15) is 0 Å². The number of nitrogens with one attached hydrogen (secondary N) is 2. The Balaban J connectivity index is 2.72. The van der Waals surface area contributed by atoms with Crippen molar-refractivity contribution < 1.29 is 9.53 Å². The molecule has 0 aliphatic carbocycles. The van der Waals surface area contributed by atoms with Crippen molar-refractivity contribution in [3.05, 3.63) is 0 Å². The predicted molar refractivity (Wildman–Crippen MR) is 121 cm³/mol. The van der Waals surface area contributed by atoms with Crippen LogP contribution < -0.4 is 10.6 Å². The smallest absolute Gasteiger partial charge is 0.407 e. The standard InChI is InChI=1S/C22H45N5O2/c1-9-23-20(27-13-12-18(16-27)15-26(10-2)11-3)24-14-19(17(4)5)25-21(28)29-22(6,7)8/h17-19H,9-16H2,1-8H3,(H,23,24)(H,25,28). The third-order valence-corrected chi connectivity index (χ3v) is 5.28. The Morgan fingerprint density at radius 3 is 2.41 bits per heavy atom. The van der Waals surface area contributed by atoms with E-state index in [1.807, 2.05) is 20.8 Å². The van der Waals surface area contributed by atoms with Crippen LogP contribution in [0.2, 0.25) is 0 Å². The van der Waals surface area contributed by atoms with Gasteiger partial charge in [0.05, 0.1) is 12.6 Å². The van der Waals surface area contributed by atoms with Crippen LogP contribution in [0, 0.1) is 11.8 Å². The molecule has 2 N–H and O–H groups in total. The average Bonchev–Trinajstić information content (AvgIpc) is 3.08. The Morgan fingerprint density at radius 1 is 1.24 bits per heavy atom. The van der Waals surface area contributed by atoms with E-state index in [0.717, 1.165) is 45.2 Å². The number of hydrogen-bond donors (Lipinski definition) is 2. The summed E-state index contributed by atoms with van der Waals surface area (Å²) in [6.07, 6.45) is 0.821. The zero-order chi connectivity index (χ0) is 22.0. The summed E-state index contributed by atoms with van der Waals surface area (Å²) in [5, 5.41) is 6.42. The second kappa shape index (κ2) is 12.3. The maximum atomic E-state index is 12.2. The first-order chi connectivity index (χ1) is 13.6. The van der Waals surface area contributed by atoms with Crippen molar-refractivity contribution in [1.82, 2.24) is 20.4 Å². The molecular formula is C22H45N5O2. The second-order valence-electron chi connectivity index (χ2n) is 9.28. The van der Waals surface area contributed by atoms with Gasteiger partial charge in [-0.05, 0) is 59.0 Å². The molecule has 1 heterocycles. The Labute approximate surface area is 178 Å². The van der Waals surface area contributed by atoms with Gasteiger partial charge >= 0.3 is 6.09 Å². The summed E-state index contributed by atoms with van der Waals surface area (Å²) in [6, 6.07) is -0.0624. The van der Waals surface area contributed by atoms with Crippen LogP contribution in [-0.2, 0) is 4.74 Å². The fourth-order valence-corrected chi connectivity index (χ4v) is 3.51. The van der Waals surface area contributed by atoms with E-state index in [4.69, 9.17) is 9.73 Å². The summed E-state index contributed by atoms with van der Waals surface area (Å²) in [7, 11) is 0. The molecule has 0 spiro atoms. The summed E-state index contributed by atoms with van der Waals surface area (Å²) in [4.78, 5) is 21.9. The van der Waals surface area contributed by atoms with Crippen LogP contribution in [0.3, 0.4) is 0 Å². The Morgan fingerprint density at radius 2 is 1.90 bits per heavy atom. The molecular weight excluding hydrogens is 366 g/mol. The van der Waals surface area contributed by atoms with Crippen LogP contribution in [0.15, 0.2) is 4.99 Å². The van der Waals surface area contributed by atoms with Crippen molar-refractivity contribution >= 4 is 12.1 Å². The molecule has 0 radical (unpaired) electrons. The first-order valence-corrected chi connectivity index (χ1v) is 11.3. The maximum absolute atomic E-state index is 12.2. The van der Waals surface area contributed by atoms with E-state index < -0.39 is 5.60 Å². The summed E-state index contributed by atoms with van der Waals surface area (Å²) in [5.74, 6) is 1.90. The largest absolute Gasteiger partial charge is 0.444 e. The summed E-state index contributed by atoms with van der Waals surface area (Å²) >= 11 is 0. The lowest BCUT2D eigenvalue weighted by molar-refractivity contribution is 0.0493. The van der Waals surface area contributed by atoms with Crippen LogP contribution in [0.25, 0.3) is 0 Å². The van der Waals surface area contributed by atoms with Crippen LogP contribution >= 0.6 is 0 Å². The molecule has 2 unspecified atom stereocenters. The highest BCUT2D eigenvalue weighted by Crippen LogP contribution is 2.18. The lowest BCUT2D eigenvalue weighted by Crippen LogP contribution is -2.45. The molecule has 1 fully saturated rings. The number of carbonyl (C=O) groups is 1. The molecule has 1 aliphatic heterocycles. The van der Waals surface area contributed by atoms with Gasteiger partial charge < -0.3 is 25.2 Å². The SMILES string of the molecule is CCNC(=NCC(NC(=O)OC(C)(C)C)C(C)C)N1CCC(CN(CC)CC)C1. The fourth-order valence-electron chi connectivity index (χ4n) is 3.51. The highest BCUT2D eigenvalue weighted by atomic mass is 16.6. The minimum Gasteiger partial charge on any atom is -0.444 e. The minimum absolute atomic E-state index is 0.0624. The van der Waals surface area contributed by atoms with Crippen molar-refractivity contribution in [2.24, 2.45) is 16.8 Å². The van der Waals surface area contributed by atoms with Gasteiger partial charge in [0, 0.05) is 26.2 Å². The molecule has 2 atom stereocenters. The Bertz CT molecular complexity index is 512. The zero-order valence-electron chi connectivity index (χ0n) is 20.0. The van der Waals surface area contributed by atoms with Gasteiger partial charge in [-0.15, -0.1) is 0 Å². The van der Waals surface area contributed by atoms with Gasteiger partial charge in [-0.3, -0.25) is 4.99 Å². The molecule has 0 saturated carbocycles. The van der Waals surface area contributed by atoms with Crippen LogP contribution in [-0.4, -0.2) is 79.3 Å². The van der Waals surface area contributed by atoms with E-state index in [2.05, 4.69) is 55.1 Å². The zero-order valence-corrected chi connectivity index (χ0v) is 20.0. The van der Waals surface area contributed by atoms with Crippen molar-refractivity contribution in [1.29, 1.82) is 0 Å². The molecule has 7 nitrogen and oxygen atoms in total. The number of guanidine groups is 1. The normalized spacial score (nSPS) is 19.0. The summed E-state index contributed by atoms with van der Waals surface area (Å²) in [6.45, 7) is 23.2. The molecule has 1 amide bonds. The number of aliphatic imine (C=N–C) groups is 1. The van der Waals surface area contributed by atoms with E-state index in [9.17, 15) is 4.79 Å². The highest BCUT2D eigenvalue weighted by Gasteiger charge is 2.27. The number of carbonyl (C=O) groups excluding carboxylic acids is 1. The molecule has 1 rings (SSSR count). The summed E-state index contributed by atoms with van der Waals surface area (Å²) in [5.41, 5.74) is -0.501. The number of rotatable bonds is 9. The quantitative estimate of drug-likeness (QED) is 0.450. The number of likely N-dealkylation sites (tertiary alicyclic amines) is 1. The molecule has 0 bridgehead atoms. The molecule has 0 aromatic carbocycles. The molecule has 7 heteroatoms. The van der Waals surface area contributed by atoms with Gasteiger partial charge in [-0.25, -0.2) is 4.79 Å². The van der Waals surface area contributed by atoms with Gasteiger partial charge in [0.15, 0.2) is 5.96 Å². The fraction of sp³-hybridized carbons (Fsp3) is 0.909. The lowest BCUT2D eigenvalue weighted by atomic mass is 10.1. The third-order valence-electron chi connectivity index (χ3n) is 5.28. The van der Waals surface area contributed by atoms with E-state index >= 15 is 0 Å². The predicted octanol–water partition coefficient (Wildman–Crippen LogP) is 3.16. The Kier molecular flexibility index (Phi) is 10.8. The number of ether oxygens (including phenoxy) is 1. The van der Waals surface area contributed by atoms with E-state index in [-0.39, 0.29) is 18.1 Å². The monoisotopic (exact) mass is 411 g/mol. The van der Waals surface area contributed by atoms with Gasteiger partial charge in [0.2, 0.25) is 0 Å². The first-order valence-electron chi connectivity index (χ1n) is 11.3. The molecule has 0 aromatic rings. The molecule has 0 aromatic heterocycles. The number of amides is 1. The maximum Gasteiger partial charge on any atom is 0.407 e. The average molecular weight is 412 g/mol. The van der Waals surface area contributed by atoms with Crippen LogP contribution in [0.1, 0.15) is 61.8 Å². The van der Waals surface area contributed by atoms with E-state index in [1.54, 1.807) is 0 Å². The van der Waals surface area contributed by atoms with Crippen LogP contribution in [0.5, 0.6) is 0 Å². The van der Waals surface area contributed by atoms with Crippen LogP contribution in [0.4, 0.5) is 4.79 Å².